The van der Waals surface area contributed by atoms with Crippen molar-refractivity contribution in [3.05, 3.63) is 35.4 Å². The fourth-order valence-corrected chi connectivity index (χ4v) is 4.07. The lowest BCUT2D eigenvalue weighted by molar-refractivity contribution is -0.135. The minimum atomic E-state index is -1.02. The Morgan fingerprint density at radius 1 is 1.22 bits per heavy atom. The average Bonchev–Trinajstić information content (AvgIpc) is 2.85. The van der Waals surface area contributed by atoms with Gasteiger partial charge in [-0.15, -0.1) is 0 Å². The van der Waals surface area contributed by atoms with E-state index in [1.54, 1.807) is 0 Å². The number of nitrogens with zero attached hydrogens (tertiary/aromatic N) is 1. The van der Waals surface area contributed by atoms with Gasteiger partial charge < -0.3 is 10.6 Å². The standard InChI is InChI=1S/C21H29N3O3/c1-14(2)10-11-15(3)22-18(25)13-24-19(26)21(23-20(24)27)12-6-8-16-7-4-5-9-17(16)21/h4-5,7,9,14-15H,6,8,10-13H2,1-3H3,(H,22,25)(H,23,27). The number of carbonyl (C=O) groups is 3. The summed E-state index contributed by atoms with van der Waals surface area (Å²) in [4.78, 5) is 39.1. The van der Waals surface area contributed by atoms with E-state index >= 15 is 0 Å². The van der Waals surface area contributed by atoms with E-state index in [0.717, 1.165) is 41.7 Å². The van der Waals surface area contributed by atoms with Crippen molar-refractivity contribution in [3.8, 4) is 0 Å². The number of fused-ring (bicyclic) bond motifs is 2. The summed E-state index contributed by atoms with van der Waals surface area (Å²) in [6, 6.07) is 7.28. The highest BCUT2D eigenvalue weighted by atomic mass is 16.2. The Hall–Kier alpha value is -2.37. The lowest BCUT2D eigenvalue weighted by atomic mass is 9.76. The zero-order chi connectivity index (χ0) is 19.6. The van der Waals surface area contributed by atoms with E-state index in [4.69, 9.17) is 0 Å². The topological polar surface area (TPSA) is 78.5 Å². The monoisotopic (exact) mass is 371 g/mol. The van der Waals surface area contributed by atoms with Gasteiger partial charge in [0, 0.05) is 6.04 Å². The molecule has 6 nitrogen and oxygen atoms in total. The number of imide groups is 1. The maximum Gasteiger partial charge on any atom is 0.325 e. The molecule has 1 spiro atoms. The molecule has 1 aliphatic carbocycles. The van der Waals surface area contributed by atoms with Gasteiger partial charge in [0.1, 0.15) is 12.1 Å². The highest BCUT2D eigenvalue weighted by Crippen LogP contribution is 2.39. The first-order valence-corrected chi connectivity index (χ1v) is 9.85. The molecule has 2 aliphatic rings. The number of urea groups is 1. The van der Waals surface area contributed by atoms with Crippen molar-refractivity contribution in [3.63, 3.8) is 0 Å². The van der Waals surface area contributed by atoms with Crippen LogP contribution in [0.2, 0.25) is 0 Å². The van der Waals surface area contributed by atoms with E-state index in [-0.39, 0.29) is 24.4 Å². The average molecular weight is 371 g/mol. The maximum atomic E-state index is 13.2. The van der Waals surface area contributed by atoms with Gasteiger partial charge in [-0.3, -0.25) is 14.5 Å². The highest BCUT2D eigenvalue weighted by Gasteiger charge is 2.54. The quantitative estimate of drug-likeness (QED) is 0.755. The molecule has 146 valence electrons. The van der Waals surface area contributed by atoms with Crippen molar-refractivity contribution in [1.29, 1.82) is 0 Å². The summed E-state index contributed by atoms with van der Waals surface area (Å²) in [5.41, 5.74) is 0.934. The molecule has 1 aromatic rings. The Morgan fingerprint density at radius 2 is 1.96 bits per heavy atom. The van der Waals surface area contributed by atoms with Crippen molar-refractivity contribution in [2.75, 3.05) is 6.54 Å². The van der Waals surface area contributed by atoms with Gasteiger partial charge in [0.25, 0.3) is 5.91 Å². The summed E-state index contributed by atoms with van der Waals surface area (Å²) >= 11 is 0. The molecule has 1 saturated heterocycles. The second-order valence-corrected chi connectivity index (χ2v) is 8.18. The van der Waals surface area contributed by atoms with Gasteiger partial charge in [-0.25, -0.2) is 4.79 Å². The third-order valence-electron chi connectivity index (χ3n) is 5.54. The van der Waals surface area contributed by atoms with Crippen LogP contribution in [0.25, 0.3) is 0 Å². The van der Waals surface area contributed by atoms with Crippen LogP contribution in [0.15, 0.2) is 24.3 Å². The molecule has 1 aliphatic heterocycles. The SMILES string of the molecule is CC(C)CCC(C)NC(=O)CN1C(=O)NC2(CCCc3ccccc32)C1=O. The number of carbonyl (C=O) groups excluding carboxylic acids is 3. The molecule has 3 rings (SSSR count). The van der Waals surface area contributed by atoms with Gasteiger partial charge in [-0.1, -0.05) is 38.1 Å². The number of rotatable bonds is 6. The molecule has 1 fully saturated rings. The third kappa shape index (κ3) is 3.84. The first kappa shape index (κ1) is 19.4. The van der Waals surface area contributed by atoms with Crippen LogP contribution in [0, 0.1) is 5.92 Å². The second-order valence-electron chi connectivity index (χ2n) is 8.18. The zero-order valence-electron chi connectivity index (χ0n) is 16.4. The van der Waals surface area contributed by atoms with Gasteiger partial charge in [0.05, 0.1) is 0 Å². The lowest BCUT2D eigenvalue weighted by Crippen LogP contribution is -2.47. The normalized spacial score (nSPS) is 22.7. The van der Waals surface area contributed by atoms with E-state index in [2.05, 4.69) is 24.5 Å². The first-order valence-electron chi connectivity index (χ1n) is 9.85. The van der Waals surface area contributed by atoms with Gasteiger partial charge in [0.2, 0.25) is 5.91 Å². The number of hydrogen-bond donors (Lipinski definition) is 2. The minimum Gasteiger partial charge on any atom is -0.352 e. The number of amides is 4. The van der Waals surface area contributed by atoms with Crippen molar-refractivity contribution in [1.82, 2.24) is 15.5 Å². The van der Waals surface area contributed by atoms with Crippen LogP contribution in [-0.4, -0.2) is 35.3 Å². The summed E-state index contributed by atoms with van der Waals surface area (Å²) in [6.07, 6.45) is 4.19. The number of benzene rings is 1. The van der Waals surface area contributed by atoms with Crippen LogP contribution < -0.4 is 10.6 Å². The van der Waals surface area contributed by atoms with Gasteiger partial charge in [0.15, 0.2) is 0 Å². The van der Waals surface area contributed by atoms with Crippen molar-refractivity contribution in [2.45, 2.75) is 64.5 Å². The predicted octanol–water partition coefficient (Wildman–Crippen LogP) is 2.71. The largest absolute Gasteiger partial charge is 0.352 e. The fourth-order valence-electron chi connectivity index (χ4n) is 4.07. The summed E-state index contributed by atoms with van der Waals surface area (Å²) in [6.45, 7) is 6.00. The van der Waals surface area contributed by atoms with E-state index in [0.29, 0.717) is 12.3 Å². The molecule has 6 heteroatoms. The Bertz CT molecular complexity index is 746. The van der Waals surface area contributed by atoms with Crippen LogP contribution in [-0.2, 0) is 21.5 Å². The van der Waals surface area contributed by atoms with E-state index in [9.17, 15) is 14.4 Å². The smallest absolute Gasteiger partial charge is 0.325 e. The summed E-state index contributed by atoms with van der Waals surface area (Å²) in [5.74, 6) is -0.0398. The Morgan fingerprint density at radius 3 is 2.70 bits per heavy atom. The number of nitrogens with one attached hydrogen (secondary N) is 2. The molecule has 0 radical (unpaired) electrons. The minimum absolute atomic E-state index is 0.0185. The van der Waals surface area contributed by atoms with E-state index in [1.165, 1.54) is 0 Å². The van der Waals surface area contributed by atoms with Crippen LogP contribution in [0.3, 0.4) is 0 Å². The van der Waals surface area contributed by atoms with E-state index in [1.807, 2.05) is 31.2 Å². The van der Waals surface area contributed by atoms with Crippen LogP contribution in [0.4, 0.5) is 4.79 Å². The van der Waals surface area contributed by atoms with Crippen molar-refractivity contribution < 1.29 is 14.4 Å². The molecule has 0 bridgehead atoms. The van der Waals surface area contributed by atoms with Gasteiger partial charge in [-0.2, -0.15) is 0 Å². The molecule has 2 atom stereocenters. The highest BCUT2D eigenvalue weighted by molar-refractivity contribution is 6.09. The second kappa shape index (κ2) is 7.71. The summed E-state index contributed by atoms with van der Waals surface area (Å²) < 4.78 is 0. The fraction of sp³-hybridized carbons (Fsp3) is 0.571. The van der Waals surface area contributed by atoms with Crippen molar-refractivity contribution >= 4 is 17.8 Å². The molecule has 27 heavy (non-hydrogen) atoms. The third-order valence-corrected chi connectivity index (χ3v) is 5.54. The van der Waals surface area contributed by atoms with Crippen LogP contribution in [0.1, 0.15) is 57.6 Å². The molecule has 2 N–H and O–H groups in total. The molecule has 1 aromatic carbocycles. The number of hydrogen-bond acceptors (Lipinski definition) is 3. The summed E-state index contributed by atoms with van der Waals surface area (Å²) in [7, 11) is 0. The first-order chi connectivity index (χ1) is 12.8. The van der Waals surface area contributed by atoms with E-state index < -0.39 is 11.6 Å². The molecule has 4 amide bonds. The lowest BCUT2D eigenvalue weighted by Gasteiger charge is -2.33. The molecule has 1 heterocycles. The summed E-state index contributed by atoms with van der Waals surface area (Å²) in [5, 5.41) is 5.78. The zero-order valence-corrected chi connectivity index (χ0v) is 16.4. The maximum absolute atomic E-state index is 13.2. The molecule has 2 unspecified atom stereocenters. The Kier molecular flexibility index (Phi) is 5.53. The molecular weight excluding hydrogens is 342 g/mol. The predicted molar refractivity (Wildman–Crippen MR) is 103 cm³/mol. The van der Waals surface area contributed by atoms with Crippen LogP contribution in [0.5, 0.6) is 0 Å². The number of aryl methyl sites for hydroxylation is 1. The van der Waals surface area contributed by atoms with Gasteiger partial charge >= 0.3 is 6.03 Å². The van der Waals surface area contributed by atoms with Crippen molar-refractivity contribution in [2.24, 2.45) is 5.92 Å². The molecule has 0 saturated carbocycles. The van der Waals surface area contributed by atoms with Gasteiger partial charge in [-0.05, 0) is 56.1 Å². The Labute approximate surface area is 160 Å². The molecular formula is C21H29N3O3. The van der Waals surface area contributed by atoms with Crippen LogP contribution >= 0.6 is 0 Å². The molecule has 0 aromatic heterocycles. The Balaban J connectivity index is 1.70.